The molecule has 3 aromatic rings. The van der Waals surface area contributed by atoms with E-state index >= 15 is 0 Å². The van der Waals surface area contributed by atoms with E-state index < -0.39 is 0 Å². The van der Waals surface area contributed by atoms with Gasteiger partial charge in [-0.15, -0.1) is 0 Å². The molecule has 0 aliphatic heterocycles. The highest BCUT2D eigenvalue weighted by atomic mass is 16.1. The maximum absolute atomic E-state index is 12.3. The summed E-state index contributed by atoms with van der Waals surface area (Å²) < 4.78 is 0. The van der Waals surface area contributed by atoms with Crippen molar-refractivity contribution in [3.63, 3.8) is 0 Å². The minimum Gasteiger partial charge on any atom is -0.361 e. The summed E-state index contributed by atoms with van der Waals surface area (Å²) in [5.41, 5.74) is 9.21. The molecule has 4 nitrogen and oxygen atoms in total. The van der Waals surface area contributed by atoms with Crippen LogP contribution in [0.4, 0.5) is 5.69 Å². The van der Waals surface area contributed by atoms with E-state index in [0.29, 0.717) is 12.1 Å². The summed E-state index contributed by atoms with van der Waals surface area (Å²) in [5.74, 6) is -0.108. The minimum atomic E-state index is -0.108. The Labute approximate surface area is 123 Å². The van der Waals surface area contributed by atoms with Crippen LogP contribution in [0.25, 0.3) is 10.9 Å². The summed E-state index contributed by atoms with van der Waals surface area (Å²) in [6, 6.07) is 15.1. The van der Waals surface area contributed by atoms with Crippen LogP contribution in [-0.2, 0) is 6.42 Å². The zero-order chi connectivity index (χ0) is 14.7. The van der Waals surface area contributed by atoms with Gasteiger partial charge < -0.3 is 16.0 Å². The van der Waals surface area contributed by atoms with Gasteiger partial charge in [0.05, 0.1) is 0 Å². The van der Waals surface area contributed by atoms with Gasteiger partial charge in [-0.05, 0) is 48.9 Å². The molecule has 1 heterocycles. The molecular weight excluding hydrogens is 262 g/mol. The van der Waals surface area contributed by atoms with E-state index in [0.717, 1.165) is 28.6 Å². The Balaban J connectivity index is 1.89. The Kier molecular flexibility index (Phi) is 3.71. The number of amides is 1. The van der Waals surface area contributed by atoms with Crippen LogP contribution < -0.4 is 11.1 Å². The molecule has 3 rings (SSSR count). The largest absolute Gasteiger partial charge is 0.361 e. The number of anilines is 1. The molecule has 0 fully saturated rings. The molecule has 106 valence electrons. The van der Waals surface area contributed by atoms with Gasteiger partial charge in [-0.3, -0.25) is 4.79 Å². The number of carbonyl (C=O) groups excluding carboxylic acids is 1. The third kappa shape index (κ3) is 2.80. The normalized spacial score (nSPS) is 10.7. The number of nitrogens with one attached hydrogen (secondary N) is 2. The zero-order valence-corrected chi connectivity index (χ0v) is 11.6. The van der Waals surface area contributed by atoms with Crippen molar-refractivity contribution < 1.29 is 4.79 Å². The maximum atomic E-state index is 12.3. The fourth-order valence-electron chi connectivity index (χ4n) is 2.41. The number of fused-ring (bicyclic) bond motifs is 1. The molecule has 0 saturated carbocycles. The fourth-order valence-corrected chi connectivity index (χ4v) is 2.41. The highest BCUT2D eigenvalue weighted by molar-refractivity contribution is 6.06. The average molecular weight is 279 g/mol. The molecule has 4 N–H and O–H groups in total. The molecule has 0 atom stereocenters. The SMILES string of the molecule is NCCc1c[nH]c2ccc(C(=O)Nc3ccccc3)cc12. The number of hydrogen-bond acceptors (Lipinski definition) is 2. The van der Waals surface area contributed by atoms with E-state index in [1.165, 1.54) is 0 Å². The van der Waals surface area contributed by atoms with Crippen molar-refractivity contribution in [2.75, 3.05) is 11.9 Å². The molecule has 0 aliphatic carbocycles. The molecule has 1 amide bonds. The first-order chi connectivity index (χ1) is 10.3. The van der Waals surface area contributed by atoms with Crippen LogP contribution in [0.5, 0.6) is 0 Å². The van der Waals surface area contributed by atoms with Gasteiger partial charge in [-0.1, -0.05) is 18.2 Å². The number of rotatable bonds is 4. The number of H-pyrrole nitrogens is 1. The average Bonchev–Trinajstić information content (AvgIpc) is 2.91. The monoisotopic (exact) mass is 279 g/mol. The lowest BCUT2D eigenvalue weighted by molar-refractivity contribution is 0.102. The summed E-state index contributed by atoms with van der Waals surface area (Å²) >= 11 is 0. The van der Waals surface area contributed by atoms with Gasteiger partial charge in [0.2, 0.25) is 0 Å². The first-order valence-corrected chi connectivity index (χ1v) is 6.94. The van der Waals surface area contributed by atoms with Crippen molar-refractivity contribution in [3.8, 4) is 0 Å². The van der Waals surface area contributed by atoms with Crippen LogP contribution in [0.3, 0.4) is 0 Å². The first kappa shape index (κ1) is 13.4. The fraction of sp³-hybridized carbons (Fsp3) is 0.118. The molecule has 0 radical (unpaired) electrons. The molecule has 2 aromatic carbocycles. The number of benzene rings is 2. The lowest BCUT2D eigenvalue weighted by Crippen LogP contribution is -2.11. The van der Waals surface area contributed by atoms with Crippen molar-refractivity contribution in [1.82, 2.24) is 4.98 Å². The van der Waals surface area contributed by atoms with Crippen molar-refractivity contribution in [2.24, 2.45) is 5.73 Å². The van der Waals surface area contributed by atoms with Gasteiger partial charge in [-0.2, -0.15) is 0 Å². The van der Waals surface area contributed by atoms with E-state index in [-0.39, 0.29) is 5.91 Å². The van der Waals surface area contributed by atoms with Crippen LogP contribution in [0.1, 0.15) is 15.9 Å². The molecule has 0 aliphatic rings. The predicted octanol–water partition coefficient (Wildman–Crippen LogP) is 2.92. The zero-order valence-electron chi connectivity index (χ0n) is 11.6. The smallest absolute Gasteiger partial charge is 0.255 e. The second-order valence-electron chi connectivity index (χ2n) is 4.93. The van der Waals surface area contributed by atoms with Gasteiger partial charge in [0.15, 0.2) is 0 Å². The quantitative estimate of drug-likeness (QED) is 0.687. The molecular formula is C17H17N3O. The van der Waals surface area contributed by atoms with Gasteiger partial charge in [-0.25, -0.2) is 0 Å². The van der Waals surface area contributed by atoms with Gasteiger partial charge in [0.25, 0.3) is 5.91 Å². The van der Waals surface area contributed by atoms with E-state index in [1.54, 1.807) is 0 Å². The lowest BCUT2D eigenvalue weighted by Gasteiger charge is -2.05. The minimum absolute atomic E-state index is 0.108. The number of hydrogen-bond donors (Lipinski definition) is 3. The number of aromatic nitrogens is 1. The molecule has 0 saturated heterocycles. The van der Waals surface area contributed by atoms with E-state index in [2.05, 4.69) is 10.3 Å². The van der Waals surface area contributed by atoms with E-state index in [4.69, 9.17) is 5.73 Å². The Morgan fingerprint density at radius 2 is 1.95 bits per heavy atom. The van der Waals surface area contributed by atoms with E-state index in [1.807, 2.05) is 54.7 Å². The van der Waals surface area contributed by atoms with Gasteiger partial charge >= 0.3 is 0 Å². The number of aromatic amines is 1. The van der Waals surface area contributed by atoms with Gasteiger partial charge in [0.1, 0.15) is 0 Å². The highest BCUT2D eigenvalue weighted by Crippen LogP contribution is 2.21. The second kappa shape index (κ2) is 5.81. The lowest BCUT2D eigenvalue weighted by atomic mass is 10.1. The topological polar surface area (TPSA) is 70.9 Å². The molecule has 4 heteroatoms. The molecule has 0 spiro atoms. The number of nitrogens with two attached hydrogens (primary N) is 1. The molecule has 0 bridgehead atoms. The molecule has 0 unspecified atom stereocenters. The Bertz CT molecular complexity index is 762. The third-order valence-electron chi connectivity index (χ3n) is 3.47. The number of para-hydroxylation sites is 1. The maximum Gasteiger partial charge on any atom is 0.255 e. The van der Waals surface area contributed by atoms with Crippen molar-refractivity contribution >= 4 is 22.5 Å². The van der Waals surface area contributed by atoms with Crippen LogP contribution in [-0.4, -0.2) is 17.4 Å². The summed E-state index contributed by atoms with van der Waals surface area (Å²) in [5, 5.41) is 3.95. The Morgan fingerprint density at radius 3 is 2.71 bits per heavy atom. The Hall–Kier alpha value is -2.59. The highest BCUT2D eigenvalue weighted by Gasteiger charge is 2.09. The van der Waals surface area contributed by atoms with Crippen LogP contribution in [0, 0.1) is 0 Å². The third-order valence-corrected chi connectivity index (χ3v) is 3.47. The van der Waals surface area contributed by atoms with Crippen LogP contribution >= 0.6 is 0 Å². The van der Waals surface area contributed by atoms with Crippen LogP contribution in [0.15, 0.2) is 54.7 Å². The summed E-state index contributed by atoms with van der Waals surface area (Å²) in [4.78, 5) is 15.5. The van der Waals surface area contributed by atoms with Crippen molar-refractivity contribution in [2.45, 2.75) is 6.42 Å². The van der Waals surface area contributed by atoms with Crippen LogP contribution in [0.2, 0.25) is 0 Å². The molecule has 21 heavy (non-hydrogen) atoms. The Morgan fingerprint density at radius 1 is 1.14 bits per heavy atom. The van der Waals surface area contributed by atoms with E-state index in [9.17, 15) is 4.79 Å². The second-order valence-corrected chi connectivity index (χ2v) is 4.93. The number of carbonyl (C=O) groups is 1. The van der Waals surface area contributed by atoms with Crippen molar-refractivity contribution in [1.29, 1.82) is 0 Å². The standard InChI is InChI=1S/C17H17N3O/c18-9-8-13-11-19-16-7-6-12(10-15(13)16)17(21)20-14-4-2-1-3-5-14/h1-7,10-11,19H,8-9,18H2,(H,20,21). The summed E-state index contributed by atoms with van der Waals surface area (Å²) in [6.07, 6.45) is 2.75. The summed E-state index contributed by atoms with van der Waals surface area (Å²) in [7, 11) is 0. The predicted molar refractivity (Wildman–Crippen MR) is 85.5 cm³/mol. The van der Waals surface area contributed by atoms with Gasteiger partial charge in [0, 0.05) is 28.4 Å². The molecule has 1 aromatic heterocycles. The first-order valence-electron chi connectivity index (χ1n) is 6.94. The summed E-state index contributed by atoms with van der Waals surface area (Å²) in [6.45, 7) is 0.591. The van der Waals surface area contributed by atoms with Crippen molar-refractivity contribution in [3.05, 3.63) is 65.9 Å².